The number of fused-ring (bicyclic) bond motifs is 1. The Morgan fingerprint density at radius 1 is 1.15 bits per heavy atom. The molecule has 1 N–H and O–H groups in total. The standard InChI is InChI=1S/C20H18N2O4S/c1-12-5-13(2)7-15(6-12)24-9-19(23)22-20-21-16(10-27-20)14-3-4-17-18(8-14)26-11-25-17/h3-8,10H,9,11H2,1-2H3,(H,21,22,23). The highest BCUT2D eigenvalue weighted by Crippen LogP contribution is 2.36. The Morgan fingerprint density at radius 2 is 1.93 bits per heavy atom. The summed E-state index contributed by atoms with van der Waals surface area (Å²) in [6, 6.07) is 11.5. The maximum absolute atomic E-state index is 12.1. The van der Waals surface area contributed by atoms with E-state index in [1.54, 1.807) is 0 Å². The van der Waals surface area contributed by atoms with Gasteiger partial charge in [0.25, 0.3) is 5.91 Å². The molecule has 1 aliphatic heterocycles. The summed E-state index contributed by atoms with van der Waals surface area (Å²) in [4.78, 5) is 16.6. The van der Waals surface area contributed by atoms with Crippen molar-refractivity contribution < 1.29 is 19.0 Å². The molecule has 1 amide bonds. The minimum atomic E-state index is -0.249. The van der Waals surface area contributed by atoms with Crippen LogP contribution in [0.5, 0.6) is 17.2 Å². The first-order valence-electron chi connectivity index (χ1n) is 8.43. The molecule has 27 heavy (non-hydrogen) atoms. The highest BCUT2D eigenvalue weighted by Gasteiger charge is 2.15. The molecule has 0 saturated carbocycles. The van der Waals surface area contributed by atoms with Crippen LogP contribution in [0, 0.1) is 13.8 Å². The van der Waals surface area contributed by atoms with E-state index in [0.717, 1.165) is 28.1 Å². The van der Waals surface area contributed by atoms with Crippen molar-refractivity contribution in [3.8, 4) is 28.5 Å². The van der Waals surface area contributed by atoms with E-state index in [9.17, 15) is 4.79 Å². The Morgan fingerprint density at radius 3 is 2.74 bits per heavy atom. The first-order chi connectivity index (χ1) is 13.1. The second kappa shape index (κ2) is 7.28. The summed E-state index contributed by atoms with van der Waals surface area (Å²) in [6.07, 6.45) is 0. The molecule has 7 heteroatoms. The van der Waals surface area contributed by atoms with Gasteiger partial charge in [0.1, 0.15) is 5.75 Å². The van der Waals surface area contributed by atoms with Crippen molar-refractivity contribution in [3.05, 3.63) is 52.9 Å². The lowest BCUT2D eigenvalue weighted by Gasteiger charge is -2.07. The van der Waals surface area contributed by atoms with Crippen molar-refractivity contribution in [3.63, 3.8) is 0 Å². The molecular weight excluding hydrogens is 364 g/mol. The van der Waals surface area contributed by atoms with Gasteiger partial charge in [0, 0.05) is 10.9 Å². The molecule has 0 fully saturated rings. The topological polar surface area (TPSA) is 69.7 Å². The summed E-state index contributed by atoms with van der Waals surface area (Å²) in [5.41, 5.74) is 3.86. The Kier molecular flexibility index (Phi) is 4.68. The number of ether oxygens (including phenoxy) is 3. The van der Waals surface area contributed by atoms with Crippen molar-refractivity contribution in [2.24, 2.45) is 0 Å². The number of hydrogen-bond acceptors (Lipinski definition) is 6. The van der Waals surface area contributed by atoms with Gasteiger partial charge < -0.3 is 14.2 Å². The number of carbonyl (C=O) groups is 1. The largest absolute Gasteiger partial charge is 0.484 e. The Balaban J connectivity index is 1.38. The summed E-state index contributed by atoms with van der Waals surface area (Å²) < 4.78 is 16.3. The van der Waals surface area contributed by atoms with Gasteiger partial charge in [0.2, 0.25) is 6.79 Å². The lowest BCUT2D eigenvalue weighted by Crippen LogP contribution is -2.20. The van der Waals surface area contributed by atoms with Gasteiger partial charge in [-0.3, -0.25) is 10.1 Å². The van der Waals surface area contributed by atoms with Crippen LogP contribution in [0.25, 0.3) is 11.3 Å². The minimum Gasteiger partial charge on any atom is -0.484 e. The van der Waals surface area contributed by atoms with Crippen LogP contribution < -0.4 is 19.5 Å². The summed E-state index contributed by atoms with van der Waals surface area (Å²) >= 11 is 1.36. The van der Waals surface area contributed by atoms with Gasteiger partial charge in [0.05, 0.1) is 5.69 Å². The molecule has 2 heterocycles. The molecule has 1 aliphatic rings. The number of rotatable bonds is 5. The van der Waals surface area contributed by atoms with Crippen molar-refractivity contribution in [2.75, 3.05) is 18.7 Å². The second-order valence-electron chi connectivity index (χ2n) is 6.27. The zero-order valence-corrected chi connectivity index (χ0v) is 15.8. The minimum absolute atomic E-state index is 0.0676. The molecule has 0 atom stereocenters. The molecule has 0 unspecified atom stereocenters. The number of carbonyl (C=O) groups excluding carboxylic acids is 1. The fourth-order valence-electron chi connectivity index (χ4n) is 2.84. The quantitative estimate of drug-likeness (QED) is 0.717. The average Bonchev–Trinajstić information content (AvgIpc) is 3.27. The van der Waals surface area contributed by atoms with Crippen LogP contribution in [0.15, 0.2) is 41.8 Å². The molecule has 138 valence electrons. The number of thiazole rings is 1. The first-order valence-corrected chi connectivity index (χ1v) is 9.31. The number of nitrogens with zero attached hydrogens (tertiary/aromatic N) is 1. The summed E-state index contributed by atoms with van der Waals surface area (Å²) in [5.74, 6) is 1.86. The van der Waals surface area contributed by atoms with Crippen molar-refractivity contribution >= 4 is 22.4 Å². The fraction of sp³-hybridized carbons (Fsp3) is 0.200. The van der Waals surface area contributed by atoms with E-state index < -0.39 is 0 Å². The molecule has 0 radical (unpaired) electrons. The number of anilines is 1. The average molecular weight is 382 g/mol. The van der Waals surface area contributed by atoms with Crippen LogP contribution in [0.3, 0.4) is 0 Å². The zero-order chi connectivity index (χ0) is 18.8. The monoisotopic (exact) mass is 382 g/mol. The first kappa shape index (κ1) is 17.4. The van der Waals surface area contributed by atoms with E-state index in [0.29, 0.717) is 16.6 Å². The van der Waals surface area contributed by atoms with Crippen molar-refractivity contribution in [1.82, 2.24) is 4.98 Å². The van der Waals surface area contributed by atoms with E-state index in [-0.39, 0.29) is 19.3 Å². The Hall–Kier alpha value is -3.06. The molecule has 3 aromatic rings. The zero-order valence-electron chi connectivity index (χ0n) is 14.9. The lowest BCUT2D eigenvalue weighted by molar-refractivity contribution is -0.118. The highest BCUT2D eigenvalue weighted by atomic mass is 32.1. The van der Waals surface area contributed by atoms with Gasteiger partial charge in [-0.25, -0.2) is 4.98 Å². The van der Waals surface area contributed by atoms with E-state index in [4.69, 9.17) is 14.2 Å². The molecule has 0 saturated heterocycles. The van der Waals surface area contributed by atoms with Crippen LogP contribution >= 0.6 is 11.3 Å². The predicted molar refractivity (Wildman–Crippen MR) is 104 cm³/mol. The number of amides is 1. The molecule has 0 spiro atoms. The van der Waals surface area contributed by atoms with Crippen LogP contribution in [0.2, 0.25) is 0 Å². The fourth-order valence-corrected chi connectivity index (χ4v) is 3.58. The summed E-state index contributed by atoms with van der Waals surface area (Å²) in [6.45, 7) is 4.15. The number of benzene rings is 2. The van der Waals surface area contributed by atoms with Gasteiger partial charge in [-0.2, -0.15) is 0 Å². The second-order valence-corrected chi connectivity index (χ2v) is 7.12. The van der Waals surface area contributed by atoms with Crippen LogP contribution in [0.4, 0.5) is 5.13 Å². The van der Waals surface area contributed by atoms with Crippen molar-refractivity contribution in [1.29, 1.82) is 0 Å². The third-order valence-corrected chi connectivity index (χ3v) is 4.74. The van der Waals surface area contributed by atoms with E-state index in [1.807, 2.05) is 49.6 Å². The van der Waals surface area contributed by atoms with Crippen LogP contribution in [-0.4, -0.2) is 24.3 Å². The molecule has 0 aliphatic carbocycles. The van der Waals surface area contributed by atoms with Gasteiger partial charge in [0.15, 0.2) is 23.2 Å². The third kappa shape index (κ3) is 4.03. The van der Waals surface area contributed by atoms with E-state index >= 15 is 0 Å². The number of aromatic nitrogens is 1. The van der Waals surface area contributed by atoms with Crippen molar-refractivity contribution in [2.45, 2.75) is 13.8 Å². The third-order valence-electron chi connectivity index (χ3n) is 3.98. The molecule has 4 rings (SSSR count). The molecule has 0 bridgehead atoms. The maximum atomic E-state index is 12.1. The molecular formula is C20H18N2O4S. The number of hydrogen-bond donors (Lipinski definition) is 1. The van der Waals surface area contributed by atoms with E-state index in [1.165, 1.54) is 11.3 Å². The Bertz CT molecular complexity index is 979. The normalized spacial score (nSPS) is 12.1. The van der Waals surface area contributed by atoms with E-state index in [2.05, 4.69) is 16.4 Å². The van der Waals surface area contributed by atoms with Gasteiger partial charge in [-0.15, -0.1) is 11.3 Å². The van der Waals surface area contributed by atoms with Crippen LogP contribution in [-0.2, 0) is 4.79 Å². The van der Waals surface area contributed by atoms with Gasteiger partial charge in [-0.05, 0) is 55.3 Å². The molecule has 2 aromatic carbocycles. The smallest absolute Gasteiger partial charge is 0.264 e. The SMILES string of the molecule is Cc1cc(C)cc(OCC(=O)Nc2nc(-c3ccc4c(c3)OCO4)cs2)c1. The van der Waals surface area contributed by atoms with Gasteiger partial charge in [-0.1, -0.05) is 6.07 Å². The van der Waals surface area contributed by atoms with Gasteiger partial charge >= 0.3 is 0 Å². The lowest BCUT2D eigenvalue weighted by atomic mass is 10.1. The summed E-state index contributed by atoms with van der Waals surface area (Å²) in [7, 11) is 0. The highest BCUT2D eigenvalue weighted by molar-refractivity contribution is 7.14. The Labute approximate surface area is 160 Å². The number of aryl methyl sites for hydroxylation is 2. The maximum Gasteiger partial charge on any atom is 0.264 e. The molecule has 6 nitrogen and oxygen atoms in total. The molecule has 1 aromatic heterocycles. The number of nitrogens with one attached hydrogen (secondary N) is 1. The predicted octanol–water partition coefficient (Wildman–Crippen LogP) is 4.17. The summed E-state index contributed by atoms with van der Waals surface area (Å²) in [5, 5.41) is 5.18. The van der Waals surface area contributed by atoms with Crippen LogP contribution in [0.1, 0.15) is 11.1 Å².